The van der Waals surface area contributed by atoms with Crippen molar-refractivity contribution in [2.45, 2.75) is 6.92 Å². The third kappa shape index (κ3) is 5.04. The lowest BCUT2D eigenvalue weighted by Crippen LogP contribution is -2.11. The first-order chi connectivity index (χ1) is 11.5. The van der Waals surface area contributed by atoms with Crippen LogP contribution in [0.5, 0.6) is 5.75 Å². The quantitative estimate of drug-likeness (QED) is 0.297. The minimum Gasteiger partial charge on any atom is -0.460 e. The first-order valence-corrected chi connectivity index (χ1v) is 8.33. The normalized spacial score (nSPS) is 10.3. The highest BCUT2D eigenvalue weighted by Gasteiger charge is 2.11. The fraction of sp³-hybridized carbons (Fsp3) is 0.222. The zero-order chi connectivity index (χ0) is 17.5. The van der Waals surface area contributed by atoms with E-state index in [0.717, 1.165) is 9.13 Å². The molecule has 0 radical (unpaired) electrons. The number of carbonyl (C=O) groups is 2. The number of esters is 2. The molecule has 0 aliphatic rings. The molecular weight excluding hydrogens is 423 g/mol. The maximum Gasteiger partial charge on any atom is 0.343 e. The van der Waals surface area contributed by atoms with E-state index in [1.807, 2.05) is 13.0 Å². The van der Waals surface area contributed by atoms with E-state index in [4.69, 9.17) is 14.2 Å². The number of hydrogen-bond acceptors (Lipinski definition) is 5. The van der Waals surface area contributed by atoms with E-state index in [1.165, 1.54) is 7.11 Å². The van der Waals surface area contributed by atoms with Gasteiger partial charge in [-0.1, -0.05) is 6.07 Å². The van der Waals surface area contributed by atoms with Crippen LogP contribution in [-0.4, -0.2) is 32.3 Å². The van der Waals surface area contributed by atoms with Crippen LogP contribution in [0.25, 0.3) is 0 Å². The van der Waals surface area contributed by atoms with E-state index in [9.17, 15) is 9.59 Å². The molecule has 0 unspecified atom stereocenters. The van der Waals surface area contributed by atoms with E-state index in [-0.39, 0.29) is 6.61 Å². The summed E-state index contributed by atoms with van der Waals surface area (Å²) in [4.78, 5) is 23.9. The molecule has 0 fully saturated rings. The van der Waals surface area contributed by atoms with Crippen molar-refractivity contribution in [1.82, 2.24) is 0 Å². The Morgan fingerprint density at radius 1 is 0.958 bits per heavy atom. The number of halogens is 1. The summed E-state index contributed by atoms with van der Waals surface area (Å²) < 4.78 is 16.1. The second-order valence-electron chi connectivity index (χ2n) is 5.01. The van der Waals surface area contributed by atoms with Gasteiger partial charge in [-0.2, -0.15) is 0 Å². The minimum absolute atomic E-state index is 0.193. The molecule has 6 heteroatoms. The monoisotopic (exact) mass is 440 g/mol. The molecule has 24 heavy (non-hydrogen) atoms. The largest absolute Gasteiger partial charge is 0.460 e. The van der Waals surface area contributed by atoms with Gasteiger partial charge in [0.25, 0.3) is 0 Å². The van der Waals surface area contributed by atoms with Crippen molar-refractivity contribution < 1.29 is 23.8 Å². The first kappa shape index (κ1) is 18.4. The Morgan fingerprint density at radius 3 is 2.25 bits per heavy atom. The molecule has 0 bridgehead atoms. The smallest absolute Gasteiger partial charge is 0.343 e. The highest BCUT2D eigenvalue weighted by Crippen LogP contribution is 2.17. The van der Waals surface area contributed by atoms with E-state index >= 15 is 0 Å². The second kappa shape index (κ2) is 8.79. The van der Waals surface area contributed by atoms with Gasteiger partial charge in [0.15, 0.2) is 0 Å². The van der Waals surface area contributed by atoms with Gasteiger partial charge in [0.1, 0.15) is 12.4 Å². The van der Waals surface area contributed by atoms with Crippen molar-refractivity contribution in [2.24, 2.45) is 0 Å². The van der Waals surface area contributed by atoms with E-state index in [0.29, 0.717) is 23.5 Å². The first-order valence-electron chi connectivity index (χ1n) is 7.25. The molecule has 0 heterocycles. The van der Waals surface area contributed by atoms with Crippen molar-refractivity contribution in [2.75, 3.05) is 20.3 Å². The molecule has 0 amide bonds. The Labute approximate surface area is 154 Å². The summed E-state index contributed by atoms with van der Waals surface area (Å²) in [5, 5.41) is 0. The Balaban J connectivity index is 1.99. The molecule has 0 aliphatic carbocycles. The van der Waals surface area contributed by atoms with Gasteiger partial charge in [0.05, 0.1) is 17.7 Å². The Bertz CT molecular complexity index is 725. The zero-order valence-corrected chi connectivity index (χ0v) is 15.5. The maximum atomic E-state index is 12.1. The number of hydrogen-bond donors (Lipinski definition) is 0. The SMILES string of the molecule is COCCOC(=O)c1ccc(OC(=O)c2ccc(C)c(I)c2)cc1. The summed E-state index contributed by atoms with van der Waals surface area (Å²) in [5.74, 6) is -0.523. The highest BCUT2D eigenvalue weighted by atomic mass is 127. The Hall–Kier alpha value is -1.93. The summed E-state index contributed by atoms with van der Waals surface area (Å²) in [7, 11) is 1.53. The lowest BCUT2D eigenvalue weighted by atomic mass is 10.1. The van der Waals surface area contributed by atoms with Gasteiger partial charge in [0, 0.05) is 10.7 Å². The third-order valence-electron chi connectivity index (χ3n) is 3.23. The predicted molar refractivity (Wildman–Crippen MR) is 97.5 cm³/mol. The molecule has 0 atom stereocenters. The average Bonchev–Trinajstić information content (AvgIpc) is 2.58. The second-order valence-corrected chi connectivity index (χ2v) is 6.17. The number of ether oxygens (including phenoxy) is 3. The number of rotatable bonds is 6. The lowest BCUT2D eigenvalue weighted by Gasteiger charge is -2.07. The van der Waals surface area contributed by atoms with E-state index < -0.39 is 11.9 Å². The molecule has 0 aliphatic heterocycles. The molecule has 0 N–H and O–H groups in total. The molecule has 0 spiro atoms. The molecule has 2 aromatic carbocycles. The summed E-state index contributed by atoms with van der Waals surface area (Å²) >= 11 is 2.17. The zero-order valence-electron chi connectivity index (χ0n) is 13.4. The lowest BCUT2D eigenvalue weighted by molar-refractivity contribution is 0.0388. The Kier molecular flexibility index (Phi) is 6.74. The molecule has 0 aromatic heterocycles. The van der Waals surface area contributed by atoms with Gasteiger partial charge in [-0.15, -0.1) is 0 Å². The van der Waals surface area contributed by atoms with E-state index in [1.54, 1.807) is 36.4 Å². The van der Waals surface area contributed by atoms with Crippen LogP contribution in [0.2, 0.25) is 0 Å². The van der Waals surface area contributed by atoms with E-state index in [2.05, 4.69) is 22.6 Å². The Morgan fingerprint density at radius 2 is 1.62 bits per heavy atom. The molecular formula is C18H17IO5. The van der Waals surface area contributed by atoms with Gasteiger partial charge < -0.3 is 14.2 Å². The summed E-state index contributed by atoms with van der Waals surface area (Å²) in [6.45, 7) is 2.51. The topological polar surface area (TPSA) is 61.8 Å². The minimum atomic E-state index is -0.446. The van der Waals surface area contributed by atoms with Crippen LogP contribution < -0.4 is 4.74 Å². The van der Waals surface area contributed by atoms with Gasteiger partial charge in [-0.25, -0.2) is 9.59 Å². The molecule has 0 saturated heterocycles. The predicted octanol–water partition coefficient (Wildman–Crippen LogP) is 3.62. The van der Waals surface area contributed by atoms with Crippen molar-refractivity contribution in [3.63, 3.8) is 0 Å². The number of methoxy groups -OCH3 is 1. The van der Waals surface area contributed by atoms with Crippen molar-refractivity contribution in [3.8, 4) is 5.75 Å². The van der Waals surface area contributed by atoms with Gasteiger partial charge in [0.2, 0.25) is 0 Å². The maximum absolute atomic E-state index is 12.1. The molecule has 126 valence electrons. The van der Waals surface area contributed by atoms with Crippen LogP contribution in [0, 0.1) is 10.5 Å². The van der Waals surface area contributed by atoms with Gasteiger partial charge in [-0.3, -0.25) is 0 Å². The number of aryl methyl sites for hydroxylation is 1. The summed E-state index contributed by atoms with van der Waals surface area (Å²) in [6, 6.07) is 11.6. The van der Waals surface area contributed by atoms with Crippen LogP contribution in [-0.2, 0) is 9.47 Å². The fourth-order valence-corrected chi connectivity index (χ4v) is 2.36. The van der Waals surface area contributed by atoms with Crippen molar-refractivity contribution in [3.05, 3.63) is 62.7 Å². The third-order valence-corrected chi connectivity index (χ3v) is 4.39. The summed E-state index contributed by atoms with van der Waals surface area (Å²) in [5.41, 5.74) is 1.97. The average molecular weight is 440 g/mol. The fourth-order valence-electron chi connectivity index (χ4n) is 1.85. The van der Waals surface area contributed by atoms with Crippen molar-refractivity contribution >= 4 is 34.5 Å². The molecule has 0 saturated carbocycles. The van der Waals surface area contributed by atoms with Crippen LogP contribution in [0.4, 0.5) is 0 Å². The highest BCUT2D eigenvalue weighted by molar-refractivity contribution is 14.1. The standard InChI is InChI=1S/C18H17IO5/c1-12-3-4-14(11-16(12)19)18(21)24-15-7-5-13(6-8-15)17(20)23-10-9-22-2/h3-8,11H,9-10H2,1-2H3. The number of carbonyl (C=O) groups excluding carboxylic acids is 2. The van der Waals surface area contributed by atoms with Gasteiger partial charge >= 0.3 is 11.9 Å². The van der Waals surface area contributed by atoms with Crippen LogP contribution in [0.3, 0.4) is 0 Å². The van der Waals surface area contributed by atoms with Crippen molar-refractivity contribution in [1.29, 1.82) is 0 Å². The summed E-state index contributed by atoms with van der Waals surface area (Å²) in [6.07, 6.45) is 0. The van der Waals surface area contributed by atoms with Crippen LogP contribution in [0.15, 0.2) is 42.5 Å². The van der Waals surface area contributed by atoms with Crippen LogP contribution >= 0.6 is 22.6 Å². The number of benzene rings is 2. The molecule has 2 aromatic rings. The molecule has 2 rings (SSSR count). The molecule has 5 nitrogen and oxygen atoms in total. The van der Waals surface area contributed by atoms with Crippen LogP contribution in [0.1, 0.15) is 26.3 Å². The van der Waals surface area contributed by atoms with Gasteiger partial charge in [-0.05, 0) is 71.5 Å².